The summed E-state index contributed by atoms with van der Waals surface area (Å²) >= 11 is 0. The SMILES string of the molecule is CCN(CC)Cc1ccc(CNC(=O)CNC(=O)c2ccc([N+](=O)[O-])c(C)c2)cc1. The van der Waals surface area contributed by atoms with E-state index in [1.807, 2.05) is 12.1 Å². The number of hydrogen-bond donors (Lipinski definition) is 2. The second-order valence-corrected chi connectivity index (χ2v) is 7.00. The number of carbonyl (C=O) groups excluding carboxylic acids is 2. The van der Waals surface area contributed by atoms with E-state index in [2.05, 4.69) is 41.5 Å². The van der Waals surface area contributed by atoms with Gasteiger partial charge in [-0.05, 0) is 43.3 Å². The minimum Gasteiger partial charge on any atom is -0.350 e. The van der Waals surface area contributed by atoms with Gasteiger partial charge in [-0.25, -0.2) is 0 Å². The van der Waals surface area contributed by atoms with E-state index in [9.17, 15) is 19.7 Å². The van der Waals surface area contributed by atoms with Crippen molar-refractivity contribution in [1.82, 2.24) is 15.5 Å². The average Bonchev–Trinajstić information content (AvgIpc) is 2.74. The number of hydrogen-bond acceptors (Lipinski definition) is 5. The van der Waals surface area contributed by atoms with Gasteiger partial charge >= 0.3 is 0 Å². The maximum Gasteiger partial charge on any atom is 0.272 e. The fraction of sp³-hybridized carbons (Fsp3) is 0.364. The maximum absolute atomic E-state index is 12.2. The third kappa shape index (κ3) is 6.66. The topological polar surface area (TPSA) is 105 Å². The highest BCUT2D eigenvalue weighted by Crippen LogP contribution is 2.18. The minimum absolute atomic E-state index is 0.0487. The summed E-state index contributed by atoms with van der Waals surface area (Å²) in [5.41, 5.74) is 2.81. The van der Waals surface area contributed by atoms with Crippen molar-refractivity contribution in [3.8, 4) is 0 Å². The van der Waals surface area contributed by atoms with Crippen LogP contribution in [0.3, 0.4) is 0 Å². The fourth-order valence-corrected chi connectivity index (χ4v) is 3.00. The Morgan fingerprint density at radius 2 is 1.63 bits per heavy atom. The third-order valence-electron chi connectivity index (χ3n) is 4.88. The van der Waals surface area contributed by atoms with Crippen LogP contribution in [-0.4, -0.2) is 41.3 Å². The third-order valence-corrected chi connectivity index (χ3v) is 4.88. The van der Waals surface area contributed by atoms with Gasteiger partial charge in [0.1, 0.15) is 0 Å². The molecule has 0 aliphatic heterocycles. The van der Waals surface area contributed by atoms with Crippen molar-refractivity contribution in [2.24, 2.45) is 0 Å². The number of amides is 2. The molecule has 30 heavy (non-hydrogen) atoms. The predicted octanol–water partition coefficient (Wildman–Crippen LogP) is 2.79. The lowest BCUT2D eigenvalue weighted by atomic mass is 10.1. The summed E-state index contributed by atoms with van der Waals surface area (Å²) < 4.78 is 0. The van der Waals surface area contributed by atoms with Gasteiger partial charge in [0.05, 0.1) is 11.5 Å². The maximum atomic E-state index is 12.2. The number of rotatable bonds is 10. The number of nitro benzene ring substituents is 1. The van der Waals surface area contributed by atoms with Crippen LogP contribution in [0.1, 0.15) is 40.9 Å². The molecule has 0 unspecified atom stereocenters. The molecule has 0 aliphatic rings. The molecule has 2 amide bonds. The van der Waals surface area contributed by atoms with Gasteiger partial charge in [0, 0.05) is 30.3 Å². The molecule has 2 N–H and O–H groups in total. The van der Waals surface area contributed by atoms with E-state index in [1.165, 1.54) is 23.8 Å². The Bertz CT molecular complexity index is 893. The Morgan fingerprint density at radius 3 is 2.20 bits per heavy atom. The number of nitrogens with zero attached hydrogens (tertiary/aromatic N) is 2. The van der Waals surface area contributed by atoms with Gasteiger partial charge in [0.2, 0.25) is 5.91 Å². The van der Waals surface area contributed by atoms with Crippen LogP contribution >= 0.6 is 0 Å². The van der Waals surface area contributed by atoms with Crippen LogP contribution in [0.4, 0.5) is 5.69 Å². The predicted molar refractivity (Wildman–Crippen MR) is 115 cm³/mol. The van der Waals surface area contributed by atoms with Crippen molar-refractivity contribution in [1.29, 1.82) is 0 Å². The summed E-state index contributed by atoms with van der Waals surface area (Å²) in [6.07, 6.45) is 0. The zero-order chi connectivity index (χ0) is 22.1. The summed E-state index contributed by atoms with van der Waals surface area (Å²) in [4.78, 5) is 36.9. The molecule has 0 fully saturated rings. The molecule has 0 aliphatic carbocycles. The van der Waals surface area contributed by atoms with Crippen molar-refractivity contribution in [3.05, 3.63) is 74.8 Å². The molecule has 0 saturated heterocycles. The molecule has 160 valence electrons. The number of nitrogens with one attached hydrogen (secondary N) is 2. The van der Waals surface area contributed by atoms with E-state index in [4.69, 9.17) is 0 Å². The number of carbonyl (C=O) groups is 2. The Hall–Kier alpha value is -3.26. The molecule has 2 aromatic rings. The van der Waals surface area contributed by atoms with Crippen molar-refractivity contribution >= 4 is 17.5 Å². The van der Waals surface area contributed by atoms with E-state index in [1.54, 1.807) is 6.92 Å². The Balaban J connectivity index is 1.80. The molecule has 0 bridgehead atoms. The molecule has 0 spiro atoms. The van der Waals surface area contributed by atoms with Gasteiger partial charge in [-0.3, -0.25) is 24.6 Å². The zero-order valence-electron chi connectivity index (χ0n) is 17.6. The lowest BCUT2D eigenvalue weighted by Gasteiger charge is -2.18. The Morgan fingerprint density at radius 1 is 1.00 bits per heavy atom. The summed E-state index contributed by atoms with van der Waals surface area (Å²) in [5, 5.41) is 16.1. The molecule has 2 aromatic carbocycles. The van der Waals surface area contributed by atoms with Crippen LogP contribution in [0.25, 0.3) is 0 Å². The normalized spacial score (nSPS) is 10.7. The molecule has 0 aromatic heterocycles. The van der Waals surface area contributed by atoms with Crippen molar-refractivity contribution in [3.63, 3.8) is 0 Å². The summed E-state index contributed by atoms with van der Waals surface area (Å²) in [6.45, 7) is 8.93. The van der Waals surface area contributed by atoms with Crippen LogP contribution in [0.2, 0.25) is 0 Å². The second kappa shape index (κ2) is 11.1. The van der Waals surface area contributed by atoms with Crippen LogP contribution in [-0.2, 0) is 17.9 Å². The minimum atomic E-state index is -0.499. The van der Waals surface area contributed by atoms with E-state index >= 15 is 0 Å². The fourth-order valence-electron chi connectivity index (χ4n) is 3.00. The molecule has 0 atom stereocenters. The van der Waals surface area contributed by atoms with Gasteiger partial charge in [0.25, 0.3) is 11.6 Å². The summed E-state index contributed by atoms with van der Waals surface area (Å²) in [7, 11) is 0. The molecule has 0 saturated carbocycles. The number of benzene rings is 2. The standard InChI is InChI=1S/C22H28N4O4/c1-4-25(5-2)15-18-8-6-17(7-9-18)13-23-21(27)14-24-22(28)19-10-11-20(26(29)30)16(3)12-19/h6-12H,4-5,13-15H2,1-3H3,(H,23,27)(H,24,28). The monoisotopic (exact) mass is 412 g/mol. The molecule has 0 radical (unpaired) electrons. The van der Waals surface area contributed by atoms with E-state index in [-0.39, 0.29) is 23.7 Å². The lowest BCUT2D eigenvalue weighted by molar-refractivity contribution is -0.385. The largest absolute Gasteiger partial charge is 0.350 e. The molecule has 8 heteroatoms. The van der Waals surface area contributed by atoms with Gasteiger partial charge in [-0.2, -0.15) is 0 Å². The smallest absolute Gasteiger partial charge is 0.272 e. The lowest BCUT2D eigenvalue weighted by Crippen LogP contribution is -2.36. The molecule has 2 rings (SSSR count). The quantitative estimate of drug-likeness (QED) is 0.461. The van der Waals surface area contributed by atoms with Crippen LogP contribution in [0, 0.1) is 17.0 Å². The highest BCUT2D eigenvalue weighted by Gasteiger charge is 2.14. The van der Waals surface area contributed by atoms with Gasteiger partial charge < -0.3 is 10.6 Å². The van der Waals surface area contributed by atoms with Crippen LogP contribution in [0.5, 0.6) is 0 Å². The zero-order valence-corrected chi connectivity index (χ0v) is 17.6. The van der Waals surface area contributed by atoms with Crippen molar-refractivity contribution < 1.29 is 14.5 Å². The van der Waals surface area contributed by atoms with Crippen LogP contribution in [0.15, 0.2) is 42.5 Å². The van der Waals surface area contributed by atoms with E-state index in [0.717, 1.165) is 25.2 Å². The highest BCUT2D eigenvalue weighted by molar-refractivity contribution is 5.96. The van der Waals surface area contributed by atoms with E-state index < -0.39 is 10.8 Å². The van der Waals surface area contributed by atoms with Gasteiger partial charge in [-0.1, -0.05) is 38.1 Å². The van der Waals surface area contributed by atoms with Crippen molar-refractivity contribution in [2.75, 3.05) is 19.6 Å². The highest BCUT2D eigenvalue weighted by atomic mass is 16.6. The summed E-state index contributed by atoms with van der Waals surface area (Å²) in [5.74, 6) is -0.766. The van der Waals surface area contributed by atoms with Crippen molar-refractivity contribution in [2.45, 2.75) is 33.9 Å². The first-order valence-electron chi connectivity index (χ1n) is 9.94. The average molecular weight is 412 g/mol. The molecular weight excluding hydrogens is 384 g/mol. The first kappa shape index (κ1) is 23.0. The summed E-state index contributed by atoms with van der Waals surface area (Å²) in [6, 6.07) is 12.2. The number of aryl methyl sites for hydroxylation is 1. The number of nitro groups is 1. The molecule has 0 heterocycles. The first-order valence-corrected chi connectivity index (χ1v) is 9.94. The van der Waals surface area contributed by atoms with Crippen LogP contribution < -0.4 is 10.6 Å². The molecule has 8 nitrogen and oxygen atoms in total. The van der Waals surface area contributed by atoms with Gasteiger partial charge in [0.15, 0.2) is 0 Å². The Kier molecular flexibility index (Phi) is 8.49. The second-order valence-electron chi connectivity index (χ2n) is 7.00. The first-order chi connectivity index (χ1) is 14.3. The molecular formula is C22H28N4O4. The van der Waals surface area contributed by atoms with Gasteiger partial charge in [-0.15, -0.1) is 0 Å². The Labute approximate surface area is 176 Å². The van der Waals surface area contributed by atoms with E-state index in [0.29, 0.717) is 12.1 Å².